The Balaban J connectivity index is 2.95. The molecule has 0 heterocycles. The van der Waals surface area contributed by atoms with Crippen LogP contribution in [0.2, 0.25) is 0 Å². The van der Waals surface area contributed by atoms with E-state index in [1.165, 1.54) is 109 Å². The minimum absolute atomic E-state index is 0.774. The molecule has 0 bridgehead atoms. The topological polar surface area (TPSA) is 9.23 Å². The summed E-state index contributed by atoms with van der Waals surface area (Å²) in [5.41, 5.74) is 0. The van der Waals surface area contributed by atoms with Crippen LogP contribution < -0.4 is 0 Å². The standard InChI is InChI=1S/C23H48O/c1-4-5-6-7-8-9-10-11-12-13-14-15-16-17-18-19-21-24-22-20-23(2)3/h23H,4-22H2,1-3H3. The van der Waals surface area contributed by atoms with Gasteiger partial charge in [0.1, 0.15) is 0 Å². The Morgan fingerprint density at radius 3 is 1.25 bits per heavy atom. The molecule has 0 atom stereocenters. The Bertz CT molecular complexity index is 212. The quantitative estimate of drug-likeness (QED) is 0.202. The summed E-state index contributed by atoms with van der Waals surface area (Å²) in [6, 6.07) is 0. The molecule has 1 heteroatoms. The molecule has 0 aromatic carbocycles. The molecule has 1 nitrogen and oxygen atoms in total. The fraction of sp³-hybridized carbons (Fsp3) is 1.00. The first kappa shape index (κ1) is 24.0. The molecule has 0 aliphatic rings. The summed E-state index contributed by atoms with van der Waals surface area (Å²) in [7, 11) is 0. The average Bonchev–Trinajstić information content (AvgIpc) is 2.56. The molecule has 0 aliphatic heterocycles. The van der Waals surface area contributed by atoms with E-state index in [4.69, 9.17) is 4.74 Å². The van der Waals surface area contributed by atoms with Crippen LogP contribution in [0.3, 0.4) is 0 Å². The van der Waals surface area contributed by atoms with E-state index in [9.17, 15) is 0 Å². The summed E-state index contributed by atoms with van der Waals surface area (Å²) in [5.74, 6) is 0.774. The van der Waals surface area contributed by atoms with Crippen LogP contribution in [0.25, 0.3) is 0 Å². The van der Waals surface area contributed by atoms with Crippen molar-refractivity contribution in [3.63, 3.8) is 0 Å². The van der Waals surface area contributed by atoms with Crippen LogP contribution in [0.15, 0.2) is 0 Å². The van der Waals surface area contributed by atoms with Crippen LogP contribution in [-0.4, -0.2) is 13.2 Å². The third-order valence-electron chi connectivity index (χ3n) is 4.98. The van der Waals surface area contributed by atoms with Gasteiger partial charge in [-0.3, -0.25) is 0 Å². The van der Waals surface area contributed by atoms with Crippen molar-refractivity contribution in [2.24, 2.45) is 5.92 Å². The van der Waals surface area contributed by atoms with Gasteiger partial charge >= 0.3 is 0 Å². The number of rotatable bonds is 20. The Kier molecular flexibility index (Phi) is 21.0. The molecular formula is C23H48O. The maximum Gasteiger partial charge on any atom is 0.0468 e. The van der Waals surface area contributed by atoms with Crippen molar-refractivity contribution in [2.45, 2.75) is 130 Å². The van der Waals surface area contributed by atoms with Crippen LogP contribution in [0, 0.1) is 5.92 Å². The summed E-state index contributed by atoms with van der Waals surface area (Å²) in [6.45, 7) is 8.75. The van der Waals surface area contributed by atoms with E-state index < -0.39 is 0 Å². The molecule has 0 saturated carbocycles. The first-order chi connectivity index (χ1) is 11.8. The van der Waals surface area contributed by atoms with E-state index in [0.29, 0.717) is 0 Å². The van der Waals surface area contributed by atoms with Gasteiger partial charge < -0.3 is 4.74 Å². The second-order valence-corrected chi connectivity index (χ2v) is 8.10. The minimum Gasteiger partial charge on any atom is -0.381 e. The van der Waals surface area contributed by atoms with Crippen molar-refractivity contribution in [3.05, 3.63) is 0 Å². The lowest BCUT2D eigenvalue weighted by atomic mass is 10.0. The molecule has 0 aliphatic carbocycles. The number of hydrogen-bond donors (Lipinski definition) is 0. The fourth-order valence-electron chi connectivity index (χ4n) is 3.17. The van der Waals surface area contributed by atoms with Gasteiger partial charge in [0.25, 0.3) is 0 Å². The molecule has 0 rings (SSSR count). The van der Waals surface area contributed by atoms with Crippen molar-refractivity contribution in [3.8, 4) is 0 Å². The lowest BCUT2D eigenvalue weighted by Crippen LogP contribution is -2.00. The molecule has 0 fully saturated rings. The second kappa shape index (κ2) is 21.0. The van der Waals surface area contributed by atoms with Gasteiger partial charge in [0, 0.05) is 13.2 Å². The number of unbranched alkanes of at least 4 members (excludes halogenated alkanes) is 15. The van der Waals surface area contributed by atoms with Gasteiger partial charge in [-0.2, -0.15) is 0 Å². The largest absolute Gasteiger partial charge is 0.381 e. The molecule has 0 spiro atoms. The zero-order valence-corrected chi connectivity index (χ0v) is 17.4. The lowest BCUT2D eigenvalue weighted by molar-refractivity contribution is 0.119. The Hall–Kier alpha value is -0.0400. The van der Waals surface area contributed by atoms with Crippen molar-refractivity contribution >= 4 is 0 Å². The maximum absolute atomic E-state index is 5.66. The van der Waals surface area contributed by atoms with Crippen LogP contribution in [0.4, 0.5) is 0 Å². The second-order valence-electron chi connectivity index (χ2n) is 8.10. The minimum atomic E-state index is 0.774. The van der Waals surface area contributed by atoms with Gasteiger partial charge in [-0.25, -0.2) is 0 Å². The van der Waals surface area contributed by atoms with Gasteiger partial charge in [0.15, 0.2) is 0 Å². The first-order valence-electron chi connectivity index (χ1n) is 11.3. The molecule has 24 heavy (non-hydrogen) atoms. The molecule has 0 unspecified atom stereocenters. The average molecular weight is 341 g/mol. The number of hydrogen-bond acceptors (Lipinski definition) is 1. The molecular weight excluding hydrogens is 292 g/mol. The van der Waals surface area contributed by atoms with Gasteiger partial charge in [0.05, 0.1) is 0 Å². The highest BCUT2D eigenvalue weighted by Gasteiger charge is 1.96. The highest BCUT2D eigenvalue weighted by Crippen LogP contribution is 2.13. The molecule has 0 radical (unpaired) electrons. The highest BCUT2D eigenvalue weighted by atomic mass is 16.5. The van der Waals surface area contributed by atoms with Crippen molar-refractivity contribution < 1.29 is 4.74 Å². The van der Waals surface area contributed by atoms with E-state index in [1.807, 2.05) is 0 Å². The third kappa shape index (κ3) is 22.0. The maximum atomic E-state index is 5.66. The first-order valence-corrected chi connectivity index (χ1v) is 11.3. The Morgan fingerprint density at radius 1 is 0.500 bits per heavy atom. The Labute approximate surface area is 154 Å². The van der Waals surface area contributed by atoms with Gasteiger partial charge in [0.2, 0.25) is 0 Å². The molecule has 0 saturated heterocycles. The summed E-state index contributed by atoms with van der Waals surface area (Å²) in [4.78, 5) is 0. The van der Waals surface area contributed by atoms with Crippen LogP contribution in [0.1, 0.15) is 130 Å². The molecule has 146 valence electrons. The van der Waals surface area contributed by atoms with Crippen molar-refractivity contribution in [1.29, 1.82) is 0 Å². The van der Waals surface area contributed by atoms with Gasteiger partial charge in [-0.05, 0) is 18.8 Å². The number of ether oxygens (including phenoxy) is 1. The van der Waals surface area contributed by atoms with E-state index in [2.05, 4.69) is 20.8 Å². The third-order valence-corrected chi connectivity index (χ3v) is 4.98. The summed E-state index contributed by atoms with van der Waals surface area (Å²) < 4.78 is 5.66. The zero-order valence-electron chi connectivity index (χ0n) is 17.4. The Morgan fingerprint density at radius 2 is 0.875 bits per heavy atom. The molecule has 0 aromatic rings. The summed E-state index contributed by atoms with van der Waals surface area (Å²) in [6.07, 6.45) is 24.1. The highest BCUT2D eigenvalue weighted by molar-refractivity contribution is 4.50. The van der Waals surface area contributed by atoms with Crippen LogP contribution in [-0.2, 0) is 4.74 Å². The smallest absolute Gasteiger partial charge is 0.0468 e. The molecule has 0 aromatic heterocycles. The van der Waals surface area contributed by atoms with E-state index in [1.54, 1.807) is 0 Å². The van der Waals surface area contributed by atoms with Crippen LogP contribution in [0.5, 0.6) is 0 Å². The molecule has 0 amide bonds. The normalized spacial score (nSPS) is 11.5. The summed E-state index contributed by atoms with van der Waals surface area (Å²) >= 11 is 0. The van der Waals surface area contributed by atoms with E-state index in [0.717, 1.165) is 19.1 Å². The predicted molar refractivity (Wildman–Crippen MR) is 110 cm³/mol. The lowest BCUT2D eigenvalue weighted by Gasteiger charge is -2.06. The summed E-state index contributed by atoms with van der Waals surface area (Å²) in [5, 5.41) is 0. The predicted octanol–water partition coefficient (Wildman–Crippen LogP) is 8.31. The van der Waals surface area contributed by atoms with Gasteiger partial charge in [-0.1, -0.05) is 117 Å². The fourth-order valence-corrected chi connectivity index (χ4v) is 3.17. The van der Waals surface area contributed by atoms with Crippen molar-refractivity contribution in [2.75, 3.05) is 13.2 Å². The molecule has 0 N–H and O–H groups in total. The zero-order chi connectivity index (χ0) is 17.7. The van der Waals surface area contributed by atoms with Crippen molar-refractivity contribution in [1.82, 2.24) is 0 Å². The monoisotopic (exact) mass is 340 g/mol. The van der Waals surface area contributed by atoms with E-state index in [-0.39, 0.29) is 0 Å². The SMILES string of the molecule is CCCCCCCCCCCCCCCCCCOCCC(C)C. The van der Waals surface area contributed by atoms with Gasteiger partial charge in [-0.15, -0.1) is 0 Å². The van der Waals surface area contributed by atoms with E-state index >= 15 is 0 Å². The van der Waals surface area contributed by atoms with Crippen LogP contribution >= 0.6 is 0 Å².